The van der Waals surface area contributed by atoms with Crippen molar-refractivity contribution in [1.29, 1.82) is 0 Å². The Labute approximate surface area is 153 Å². The van der Waals surface area contributed by atoms with Gasteiger partial charge in [-0.3, -0.25) is 9.59 Å². The molecule has 0 aromatic carbocycles. The number of piperidine rings is 1. The highest BCUT2D eigenvalue weighted by Gasteiger charge is 2.19. The number of amides is 2. The molecule has 25 heavy (non-hydrogen) atoms. The zero-order valence-corrected chi connectivity index (χ0v) is 15.5. The molecule has 3 rings (SSSR count). The second-order valence-corrected chi connectivity index (χ2v) is 8.17. The van der Waals surface area contributed by atoms with Gasteiger partial charge in [-0.15, -0.1) is 11.3 Å². The molecular weight excluding hydrogens is 336 g/mol. The van der Waals surface area contributed by atoms with Crippen LogP contribution >= 0.6 is 11.3 Å². The van der Waals surface area contributed by atoms with Crippen LogP contribution in [0.5, 0.6) is 0 Å². The number of carbonyl (C=O) groups is 2. The van der Waals surface area contributed by atoms with E-state index in [9.17, 15) is 9.59 Å². The maximum Gasteiger partial charge on any atom is 0.245 e. The third kappa shape index (κ3) is 5.78. The Bertz CT molecular complexity index is 577. The molecule has 6 nitrogen and oxygen atoms in total. The van der Waals surface area contributed by atoms with Gasteiger partial charge in [0.1, 0.15) is 0 Å². The maximum absolute atomic E-state index is 12.0. The maximum atomic E-state index is 12.0. The van der Waals surface area contributed by atoms with E-state index in [0.717, 1.165) is 32.4 Å². The first kappa shape index (κ1) is 18.3. The second-order valence-electron chi connectivity index (χ2n) is 7.11. The summed E-state index contributed by atoms with van der Waals surface area (Å²) in [6.45, 7) is 2.10. The van der Waals surface area contributed by atoms with E-state index in [-0.39, 0.29) is 18.4 Å². The summed E-state index contributed by atoms with van der Waals surface area (Å²) in [6, 6.07) is 0. The summed E-state index contributed by atoms with van der Waals surface area (Å²) >= 11 is 1.55. The van der Waals surface area contributed by atoms with Crippen molar-refractivity contribution in [2.45, 2.75) is 57.3 Å². The number of hydrogen-bond donors (Lipinski definition) is 3. The van der Waals surface area contributed by atoms with Crippen LogP contribution in [-0.2, 0) is 9.59 Å². The summed E-state index contributed by atoms with van der Waals surface area (Å²) in [6.07, 6.45) is 10.7. The highest BCUT2D eigenvalue weighted by molar-refractivity contribution is 7.15. The molecule has 2 aliphatic rings. The molecule has 0 atom stereocenters. The van der Waals surface area contributed by atoms with Crippen LogP contribution in [0.1, 0.15) is 62.2 Å². The zero-order chi connectivity index (χ0) is 17.5. The van der Waals surface area contributed by atoms with Gasteiger partial charge in [-0.25, -0.2) is 4.98 Å². The van der Waals surface area contributed by atoms with Gasteiger partial charge in [0.05, 0.1) is 6.54 Å². The van der Waals surface area contributed by atoms with Gasteiger partial charge < -0.3 is 16.0 Å². The van der Waals surface area contributed by atoms with Crippen LogP contribution in [0.2, 0.25) is 0 Å². The number of anilines is 1. The second kappa shape index (κ2) is 9.29. The van der Waals surface area contributed by atoms with Crippen LogP contribution in [-0.4, -0.2) is 36.4 Å². The van der Waals surface area contributed by atoms with E-state index in [1.54, 1.807) is 11.3 Å². The van der Waals surface area contributed by atoms with E-state index < -0.39 is 0 Å². The van der Waals surface area contributed by atoms with E-state index >= 15 is 0 Å². The monoisotopic (exact) mass is 364 g/mol. The van der Waals surface area contributed by atoms with Crippen molar-refractivity contribution in [2.24, 2.45) is 5.92 Å². The van der Waals surface area contributed by atoms with Crippen molar-refractivity contribution < 1.29 is 9.59 Å². The van der Waals surface area contributed by atoms with Crippen molar-refractivity contribution >= 4 is 28.3 Å². The highest BCUT2D eigenvalue weighted by Crippen LogP contribution is 2.31. The summed E-state index contributed by atoms with van der Waals surface area (Å²) < 4.78 is 0. The molecule has 1 aromatic rings. The number of nitrogens with one attached hydrogen (secondary N) is 3. The van der Waals surface area contributed by atoms with Crippen molar-refractivity contribution in [3.8, 4) is 0 Å². The van der Waals surface area contributed by atoms with E-state index in [4.69, 9.17) is 0 Å². The van der Waals surface area contributed by atoms with Crippen molar-refractivity contribution in [3.05, 3.63) is 11.1 Å². The Hall–Kier alpha value is -1.47. The minimum absolute atomic E-state index is 0.0196. The summed E-state index contributed by atoms with van der Waals surface area (Å²) in [5, 5.41) is 9.48. The van der Waals surface area contributed by atoms with E-state index in [1.165, 1.54) is 30.6 Å². The molecule has 138 valence electrons. The van der Waals surface area contributed by atoms with Crippen LogP contribution in [0, 0.1) is 5.92 Å². The van der Waals surface area contributed by atoms with Crippen molar-refractivity contribution in [3.63, 3.8) is 0 Å². The molecule has 0 radical (unpaired) electrons. The minimum Gasteiger partial charge on any atom is -0.347 e. The molecule has 1 aromatic heterocycles. The number of thiazole rings is 1. The first-order valence-electron chi connectivity index (χ1n) is 9.43. The quantitative estimate of drug-likeness (QED) is 0.694. The standard InChI is InChI=1S/C18H28N4O2S/c23-16(6-5-13-3-1-2-4-13)20-12-17(24)22-18-21-11-15(25-18)14-7-9-19-10-8-14/h11,13-14,19H,1-10,12H2,(H,20,23)(H,21,22,24). The number of hydrogen-bond acceptors (Lipinski definition) is 5. The van der Waals surface area contributed by atoms with E-state index in [2.05, 4.69) is 20.9 Å². The van der Waals surface area contributed by atoms with Gasteiger partial charge in [-0.05, 0) is 44.2 Å². The largest absolute Gasteiger partial charge is 0.347 e. The molecular formula is C18H28N4O2S. The summed E-state index contributed by atoms with van der Waals surface area (Å²) in [5.41, 5.74) is 0. The molecule has 1 saturated carbocycles. The van der Waals surface area contributed by atoms with Gasteiger partial charge in [-0.1, -0.05) is 25.7 Å². The highest BCUT2D eigenvalue weighted by atomic mass is 32.1. The molecule has 1 aliphatic heterocycles. The molecule has 2 heterocycles. The van der Waals surface area contributed by atoms with Gasteiger partial charge in [0.2, 0.25) is 11.8 Å². The molecule has 2 amide bonds. The number of aromatic nitrogens is 1. The Balaban J connectivity index is 1.35. The zero-order valence-electron chi connectivity index (χ0n) is 14.7. The fourth-order valence-electron chi connectivity index (χ4n) is 3.70. The minimum atomic E-state index is -0.208. The predicted octanol–water partition coefficient (Wildman–Crippen LogP) is 2.64. The lowest BCUT2D eigenvalue weighted by Gasteiger charge is -2.20. The van der Waals surface area contributed by atoms with Gasteiger partial charge >= 0.3 is 0 Å². The van der Waals surface area contributed by atoms with Crippen LogP contribution in [0.15, 0.2) is 6.20 Å². The molecule has 2 fully saturated rings. The van der Waals surface area contributed by atoms with Gasteiger partial charge in [0, 0.05) is 17.5 Å². The SMILES string of the molecule is O=C(CCC1CCCC1)NCC(=O)Nc1ncc(C2CCNCC2)s1. The van der Waals surface area contributed by atoms with Crippen molar-refractivity contribution in [2.75, 3.05) is 25.0 Å². The normalized spacial score (nSPS) is 19.0. The summed E-state index contributed by atoms with van der Waals surface area (Å²) in [5.74, 6) is 1.00. The molecule has 3 N–H and O–H groups in total. The van der Waals surface area contributed by atoms with Crippen LogP contribution < -0.4 is 16.0 Å². The summed E-state index contributed by atoms with van der Waals surface area (Å²) in [7, 11) is 0. The summed E-state index contributed by atoms with van der Waals surface area (Å²) in [4.78, 5) is 29.4. The van der Waals surface area contributed by atoms with Gasteiger partial charge in [-0.2, -0.15) is 0 Å². The van der Waals surface area contributed by atoms with Crippen LogP contribution in [0.25, 0.3) is 0 Å². The molecule has 1 saturated heterocycles. The molecule has 0 unspecified atom stereocenters. The first-order valence-corrected chi connectivity index (χ1v) is 10.3. The fourth-order valence-corrected chi connectivity index (χ4v) is 4.71. The lowest BCUT2D eigenvalue weighted by molar-refractivity contribution is -0.124. The topological polar surface area (TPSA) is 83.1 Å². The molecule has 0 bridgehead atoms. The predicted molar refractivity (Wildman–Crippen MR) is 99.8 cm³/mol. The van der Waals surface area contributed by atoms with Crippen LogP contribution in [0.4, 0.5) is 5.13 Å². The fraction of sp³-hybridized carbons (Fsp3) is 0.722. The Morgan fingerprint density at radius 2 is 1.92 bits per heavy atom. The van der Waals surface area contributed by atoms with Gasteiger partial charge in [0.25, 0.3) is 0 Å². The molecule has 0 spiro atoms. The Morgan fingerprint density at radius 1 is 1.16 bits per heavy atom. The molecule has 1 aliphatic carbocycles. The number of carbonyl (C=O) groups excluding carboxylic acids is 2. The smallest absolute Gasteiger partial charge is 0.245 e. The van der Waals surface area contributed by atoms with E-state index in [1.807, 2.05) is 6.20 Å². The van der Waals surface area contributed by atoms with Crippen LogP contribution in [0.3, 0.4) is 0 Å². The lowest BCUT2D eigenvalue weighted by Crippen LogP contribution is -2.32. The first-order chi connectivity index (χ1) is 12.2. The van der Waals surface area contributed by atoms with E-state index in [0.29, 0.717) is 23.4 Å². The molecule has 7 heteroatoms. The third-order valence-electron chi connectivity index (χ3n) is 5.21. The number of nitrogens with zero attached hydrogens (tertiary/aromatic N) is 1. The average molecular weight is 365 g/mol. The van der Waals surface area contributed by atoms with Gasteiger partial charge in [0.15, 0.2) is 5.13 Å². The average Bonchev–Trinajstić information content (AvgIpc) is 3.31. The third-order valence-corrected chi connectivity index (χ3v) is 6.29. The Kier molecular flexibility index (Phi) is 6.81. The lowest BCUT2D eigenvalue weighted by atomic mass is 9.97. The van der Waals surface area contributed by atoms with Crippen molar-refractivity contribution in [1.82, 2.24) is 15.6 Å². The Morgan fingerprint density at radius 3 is 2.68 bits per heavy atom. The number of rotatable bonds is 7.